The van der Waals surface area contributed by atoms with E-state index in [0.29, 0.717) is 22.5 Å². The molecular formula is C16H15N7O. The maximum Gasteiger partial charge on any atom is 0.142 e. The van der Waals surface area contributed by atoms with Gasteiger partial charge in [0.05, 0.1) is 6.20 Å². The van der Waals surface area contributed by atoms with E-state index in [9.17, 15) is 5.11 Å². The van der Waals surface area contributed by atoms with Gasteiger partial charge in [-0.25, -0.2) is 4.68 Å². The molecule has 0 spiro atoms. The van der Waals surface area contributed by atoms with E-state index >= 15 is 0 Å². The number of benzene rings is 2. The molecule has 0 bridgehead atoms. The summed E-state index contributed by atoms with van der Waals surface area (Å²) in [6, 6.07) is 11.7. The quantitative estimate of drug-likeness (QED) is 0.361. The molecule has 24 heavy (non-hydrogen) atoms. The molecule has 0 saturated carbocycles. The van der Waals surface area contributed by atoms with Crippen LogP contribution in [0.2, 0.25) is 0 Å². The van der Waals surface area contributed by atoms with Gasteiger partial charge < -0.3 is 16.6 Å². The average Bonchev–Trinajstić information content (AvgIpc) is 3.04. The lowest BCUT2D eigenvalue weighted by atomic mass is 10.1. The normalized spacial score (nSPS) is 10.5. The third-order valence-electron chi connectivity index (χ3n) is 3.52. The summed E-state index contributed by atoms with van der Waals surface area (Å²) in [6.07, 6.45) is 1.67. The highest BCUT2D eigenvalue weighted by atomic mass is 16.3. The van der Waals surface area contributed by atoms with Gasteiger partial charge in [0, 0.05) is 16.7 Å². The zero-order chi connectivity index (χ0) is 17.3. The number of aromatic hydroxyl groups is 1. The molecule has 1 heterocycles. The topological polar surface area (TPSA) is 151 Å². The predicted octanol–water partition coefficient (Wildman–Crippen LogP) is 1.21. The Morgan fingerprint density at radius 3 is 2.17 bits per heavy atom. The number of hydrogen-bond donors (Lipinski definition) is 5. The number of nitrogens with zero attached hydrogens (tertiary/aromatic N) is 3. The number of phenolic OH excluding ortho intramolecular Hbond substituents is 1. The molecule has 3 rings (SSSR count). The van der Waals surface area contributed by atoms with E-state index in [0.717, 1.165) is 5.56 Å². The lowest BCUT2D eigenvalue weighted by Crippen LogP contribution is -2.11. The smallest absolute Gasteiger partial charge is 0.142 e. The molecule has 3 aromatic rings. The maximum absolute atomic E-state index is 10.1. The van der Waals surface area contributed by atoms with Crippen molar-refractivity contribution in [2.45, 2.75) is 0 Å². The van der Waals surface area contributed by atoms with Gasteiger partial charge in [-0.3, -0.25) is 10.8 Å². The number of phenols is 1. The van der Waals surface area contributed by atoms with Crippen molar-refractivity contribution in [3.63, 3.8) is 0 Å². The molecule has 8 heteroatoms. The van der Waals surface area contributed by atoms with Crippen molar-refractivity contribution in [3.8, 4) is 22.7 Å². The van der Waals surface area contributed by atoms with Crippen molar-refractivity contribution in [2.75, 3.05) is 0 Å². The minimum Gasteiger partial charge on any atom is -0.506 e. The summed E-state index contributed by atoms with van der Waals surface area (Å²) < 4.78 is 1.44. The summed E-state index contributed by atoms with van der Waals surface area (Å²) in [5, 5.41) is 33.0. The third-order valence-corrected chi connectivity index (χ3v) is 3.52. The first-order chi connectivity index (χ1) is 11.5. The van der Waals surface area contributed by atoms with E-state index in [2.05, 4.69) is 10.3 Å². The highest BCUT2D eigenvalue weighted by Gasteiger charge is 2.10. The molecule has 0 unspecified atom stereocenters. The van der Waals surface area contributed by atoms with Crippen molar-refractivity contribution >= 4 is 11.7 Å². The summed E-state index contributed by atoms with van der Waals surface area (Å²) in [5.74, 6) is -0.173. The van der Waals surface area contributed by atoms with Crippen LogP contribution in [0.15, 0.2) is 48.7 Å². The van der Waals surface area contributed by atoms with Gasteiger partial charge in [-0.05, 0) is 18.2 Å². The number of aromatic nitrogens is 3. The van der Waals surface area contributed by atoms with Crippen LogP contribution in [0.25, 0.3) is 16.9 Å². The van der Waals surface area contributed by atoms with Crippen molar-refractivity contribution in [3.05, 3.63) is 59.8 Å². The van der Waals surface area contributed by atoms with E-state index in [-0.39, 0.29) is 17.4 Å². The standard InChI is InChI=1S/C16H15N7O/c17-15(18)10-3-1-9(2-4-10)12-8-23(22-21-12)13-6-5-11(16(19)20)7-14(13)24/h1-8,24H,(H3,17,18)(H3,19,20). The van der Waals surface area contributed by atoms with Crippen LogP contribution in [0, 0.1) is 10.8 Å². The van der Waals surface area contributed by atoms with Crippen molar-refractivity contribution in [2.24, 2.45) is 11.5 Å². The second-order valence-electron chi connectivity index (χ2n) is 5.16. The van der Waals surface area contributed by atoms with Crippen LogP contribution in [0.1, 0.15) is 11.1 Å². The van der Waals surface area contributed by atoms with Crippen LogP contribution in [-0.2, 0) is 0 Å². The van der Waals surface area contributed by atoms with Gasteiger partial charge >= 0.3 is 0 Å². The van der Waals surface area contributed by atoms with Crippen LogP contribution in [0.3, 0.4) is 0 Å². The first-order valence-electron chi connectivity index (χ1n) is 7.00. The van der Waals surface area contributed by atoms with Gasteiger partial charge in [0.1, 0.15) is 28.8 Å². The first-order valence-corrected chi connectivity index (χ1v) is 7.00. The van der Waals surface area contributed by atoms with Crippen LogP contribution < -0.4 is 11.5 Å². The monoisotopic (exact) mass is 321 g/mol. The highest BCUT2D eigenvalue weighted by Crippen LogP contribution is 2.24. The summed E-state index contributed by atoms with van der Waals surface area (Å²) in [4.78, 5) is 0. The molecule has 1 aromatic heterocycles. The Morgan fingerprint density at radius 1 is 0.958 bits per heavy atom. The van der Waals surface area contributed by atoms with Gasteiger partial charge in [0.15, 0.2) is 0 Å². The van der Waals surface area contributed by atoms with Gasteiger partial charge in [0.25, 0.3) is 0 Å². The minimum atomic E-state index is -0.123. The molecule has 7 N–H and O–H groups in total. The Kier molecular flexibility index (Phi) is 3.70. The lowest BCUT2D eigenvalue weighted by molar-refractivity contribution is 0.469. The van der Waals surface area contributed by atoms with E-state index in [4.69, 9.17) is 22.3 Å². The Labute approximate surface area is 137 Å². The molecule has 0 aliphatic heterocycles. The highest BCUT2D eigenvalue weighted by molar-refractivity contribution is 5.96. The second kappa shape index (κ2) is 5.84. The minimum absolute atomic E-state index is 0.000637. The predicted molar refractivity (Wildman–Crippen MR) is 90.5 cm³/mol. The summed E-state index contributed by atoms with van der Waals surface area (Å²) in [6.45, 7) is 0. The fraction of sp³-hybridized carbons (Fsp3) is 0. The molecule has 0 amide bonds. The number of nitrogens with one attached hydrogen (secondary N) is 2. The zero-order valence-corrected chi connectivity index (χ0v) is 12.6. The van der Waals surface area contributed by atoms with Crippen LogP contribution in [0.5, 0.6) is 5.75 Å². The fourth-order valence-corrected chi connectivity index (χ4v) is 2.22. The molecule has 8 nitrogen and oxygen atoms in total. The van der Waals surface area contributed by atoms with Crippen LogP contribution in [-0.4, -0.2) is 31.8 Å². The van der Waals surface area contributed by atoms with Crippen molar-refractivity contribution in [1.29, 1.82) is 10.8 Å². The maximum atomic E-state index is 10.1. The fourth-order valence-electron chi connectivity index (χ4n) is 2.22. The summed E-state index contributed by atoms with van der Waals surface area (Å²) in [5.41, 5.74) is 13.7. The number of nitrogen functional groups attached to an aromatic ring is 2. The van der Waals surface area contributed by atoms with Crippen molar-refractivity contribution < 1.29 is 5.11 Å². The molecule has 2 aromatic carbocycles. The van der Waals surface area contributed by atoms with Gasteiger partial charge in [-0.15, -0.1) is 5.10 Å². The van der Waals surface area contributed by atoms with E-state index in [1.165, 1.54) is 10.7 Å². The second-order valence-corrected chi connectivity index (χ2v) is 5.16. The van der Waals surface area contributed by atoms with Crippen molar-refractivity contribution in [1.82, 2.24) is 15.0 Å². The van der Waals surface area contributed by atoms with Gasteiger partial charge in [0.2, 0.25) is 0 Å². The number of nitrogens with two attached hydrogens (primary N) is 2. The van der Waals surface area contributed by atoms with Crippen LogP contribution >= 0.6 is 0 Å². The van der Waals surface area contributed by atoms with Gasteiger partial charge in [-0.2, -0.15) is 0 Å². The Balaban J connectivity index is 1.93. The first kappa shape index (κ1) is 15.2. The Hall–Kier alpha value is -3.68. The molecule has 0 aliphatic rings. The summed E-state index contributed by atoms with van der Waals surface area (Å²) >= 11 is 0. The third kappa shape index (κ3) is 2.80. The summed E-state index contributed by atoms with van der Waals surface area (Å²) in [7, 11) is 0. The average molecular weight is 321 g/mol. The molecule has 120 valence electrons. The SMILES string of the molecule is N=C(N)c1ccc(-c2cn(-c3ccc(C(=N)N)cc3O)nn2)cc1. The molecule has 0 aliphatic carbocycles. The van der Waals surface area contributed by atoms with Gasteiger partial charge in [-0.1, -0.05) is 29.5 Å². The number of rotatable bonds is 4. The van der Waals surface area contributed by atoms with E-state index in [1.54, 1.807) is 42.6 Å². The molecule has 0 atom stereocenters. The number of hydrogen-bond acceptors (Lipinski definition) is 5. The zero-order valence-electron chi connectivity index (χ0n) is 12.6. The molecule has 0 radical (unpaired) electrons. The lowest BCUT2D eigenvalue weighted by Gasteiger charge is -2.05. The van der Waals surface area contributed by atoms with E-state index < -0.39 is 0 Å². The molecule has 0 fully saturated rings. The van der Waals surface area contributed by atoms with Crippen LogP contribution in [0.4, 0.5) is 0 Å². The largest absolute Gasteiger partial charge is 0.506 e. The molecular weight excluding hydrogens is 306 g/mol. The Morgan fingerprint density at radius 2 is 1.58 bits per heavy atom. The molecule has 0 saturated heterocycles. The van der Waals surface area contributed by atoms with E-state index in [1.807, 2.05) is 0 Å². The number of amidine groups is 2. The Bertz CT molecular complexity index is 928.